The Balaban J connectivity index is 3.12. The van der Waals surface area contributed by atoms with Crippen LogP contribution in [0.25, 0.3) is 0 Å². The first-order valence-corrected chi connectivity index (χ1v) is 7.34. The van der Waals surface area contributed by atoms with Crippen molar-refractivity contribution >= 4 is 21.6 Å². The Kier molecular flexibility index (Phi) is 6.33. The highest BCUT2D eigenvalue weighted by atomic mass is 79.9. The summed E-state index contributed by atoms with van der Waals surface area (Å²) in [5.41, 5.74) is 1.91. The van der Waals surface area contributed by atoms with E-state index in [1.54, 1.807) is 6.92 Å². The van der Waals surface area contributed by atoms with Crippen molar-refractivity contribution in [1.29, 1.82) is 5.26 Å². The molecule has 0 aliphatic heterocycles. The largest absolute Gasteiger partial charge is 0.389 e. The van der Waals surface area contributed by atoms with Crippen LogP contribution in [0.4, 0.5) is 5.69 Å². The molecule has 4 heteroatoms. The Hall–Kier alpha value is -1.05. The van der Waals surface area contributed by atoms with Gasteiger partial charge in [0.1, 0.15) is 0 Å². The van der Waals surface area contributed by atoms with Crippen LogP contribution in [0, 0.1) is 17.2 Å². The number of benzene rings is 1. The number of hydrogen-bond acceptors (Lipinski definition) is 3. The Morgan fingerprint density at radius 2 is 2.05 bits per heavy atom. The van der Waals surface area contributed by atoms with E-state index in [1.807, 2.05) is 18.2 Å². The van der Waals surface area contributed by atoms with Gasteiger partial charge in [-0.25, -0.2) is 0 Å². The first-order valence-electron chi connectivity index (χ1n) is 6.55. The highest BCUT2D eigenvalue weighted by Crippen LogP contribution is 2.30. The molecule has 0 aliphatic rings. The fraction of sp³-hybridized carbons (Fsp3) is 0.533. The van der Waals surface area contributed by atoms with E-state index in [4.69, 9.17) is 5.26 Å². The Bertz CT molecular complexity index is 452. The lowest BCUT2D eigenvalue weighted by atomic mass is 10.1. The lowest BCUT2D eigenvalue weighted by Gasteiger charge is -2.29. The van der Waals surface area contributed by atoms with E-state index in [9.17, 15) is 5.11 Å². The van der Waals surface area contributed by atoms with E-state index in [2.05, 4.69) is 40.7 Å². The third-order valence-corrected chi connectivity index (χ3v) is 3.36. The molecule has 0 saturated carbocycles. The Morgan fingerprint density at radius 1 is 1.37 bits per heavy atom. The fourth-order valence-electron chi connectivity index (χ4n) is 2.08. The molecule has 19 heavy (non-hydrogen) atoms. The molecule has 1 N–H and O–H groups in total. The second-order valence-electron chi connectivity index (χ2n) is 5.13. The lowest BCUT2D eigenvalue weighted by Crippen LogP contribution is -2.29. The van der Waals surface area contributed by atoms with Gasteiger partial charge in [-0.05, 0) is 25.0 Å². The van der Waals surface area contributed by atoms with Crippen LogP contribution in [0.3, 0.4) is 0 Å². The van der Waals surface area contributed by atoms with Gasteiger partial charge in [-0.1, -0.05) is 35.8 Å². The summed E-state index contributed by atoms with van der Waals surface area (Å²) in [6, 6.07) is 8.07. The highest BCUT2D eigenvalue weighted by molar-refractivity contribution is 9.10. The quantitative estimate of drug-likeness (QED) is 0.863. The van der Waals surface area contributed by atoms with Gasteiger partial charge in [-0.3, -0.25) is 0 Å². The van der Waals surface area contributed by atoms with Crippen LogP contribution in [0.1, 0.15) is 38.9 Å². The summed E-state index contributed by atoms with van der Waals surface area (Å²) in [5, 5.41) is 18.7. The minimum absolute atomic E-state index is 0.485. The predicted molar refractivity (Wildman–Crippen MR) is 82.1 cm³/mol. The van der Waals surface area contributed by atoms with E-state index < -0.39 is 6.10 Å². The zero-order chi connectivity index (χ0) is 14.4. The molecule has 0 spiro atoms. The molecular weight excluding hydrogens is 304 g/mol. The van der Waals surface area contributed by atoms with Crippen LogP contribution in [-0.4, -0.2) is 18.2 Å². The monoisotopic (exact) mass is 324 g/mol. The molecule has 0 radical (unpaired) electrons. The summed E-state index contributed by atoms with van der Waals surface area (Å²) in [6.45, 7) is 7.63. The molecule has 104 valence electrons. The van der Waals surface area contributed by atoms with Gasteiger partial charge in [0.05, 0.1) is 18.6 Å². The van der Waals surface area contributed by atoms with E-state index in [1.165, 1.54) is 0 Å². The van der Waals surface area contributed by atoms with Crippen LogP contribution in [0.5, 0.6) is 0 Å². The number of aliphatic hydroxyl groups excluding tert-OH is 1. The molecule has 0 saturated heterocycles. The fourth-order valence-corrected chi connectivity index (χ4v) is 2.43. The van der Waals surface area contributed by atoms with Gasteiger partial charge in [0.25, 0.3) is 0 Å². The molecule has 0 heterocycles. The molecule has 0 aliphatic carbocycles. The zero-order valence-electron chi connectivity index (χ0n) is 11.7. The summed E-state index contributed by atoms with van der Waals surface area (Å²) in [7, 11) is 0. The van der Waals surface area contributed by atoms with Crippen LogP contribution in [0.2, 0.25) is 0 Å². The molecule has 0 aromatic heterocycles. The summed E-state index contributed by atoms with van der Waals surface area (Å²) in [5.74, 6) is 0.500. The number of rotatable bonds is 6. The molecular formula is C15H21BrN2O. The maximum atomic E-state index is 9.90. The smallest absolute Gasteiger partial charge is 0.0782 e. The summed E-state index contributed by atoms with van der Waals surface area (Å²) >= 11 is 3.47. The van der Waals surface area contributed by atoms with Gasteiger partial charge in [-0.15, -0.1) is 0 Å². The Labute approximate surface area is 124 Å². The van der Waals surface area contributed by atoms with Crippen LogP contribution >= 0.6 is 15.9 Å². The first kappa shape index (κ1) is 16.0. The minimum atomic E-state index is -0.514. The standard InChI is InChI=1S/C15H21BrN2O/c1-11(2)10-18(8-4-7-17)15-9-13(16)5-6-14(15)12(3)19/h5-6,9,11-12,19H,4,8,10H2,1-3H3. The van der Waals surface area contributed by atoms with Gasteiger partial charge >= 0.3 is 0 Å². The van der Waals surface area contributed by atoms with Crippen LogP contribution in [-0.2, 0) is 0 Å². The summed E-state index contributed by atoms with van der Waals surface area (Å²) < 4.78 is 0.984. The number of hydrogen-bond donors (Lipinski definition) is 1. The maximum absolute atomic E-state index is 9.90. The molecule has 1 unspecified atom stereocenters. The highest BCUT2D eigenvalue weighted by Gasteiger charge is 2.15. The van der Waals surface area contributed by atoms with E-state index in [-0.39, 0.29) is 0 Å². The van der Waals surface area contributed by atoms with Crippen LogP contribution < -0.4 is 4.90 Å². The number of halogens is 1. The molecule has 0 amide bonds. The van der Waals surface area contributed by atoms with Gasteiger partial charge < -0.3 is 10.0 Å². The predicted octanol–water partition coefficient (Wildman–Crippen LogP) is 3.88. The van der Waals surface area contributed by atoms with Gasteiger partial charge in [-0.2, -0.15) is 5.26 Å². The first-order chi connectivity index (χ1) is 8.95. The van der Waals surface area contributed by atoms with Crippen molar-refractivity contribution in [2.75, 3.05) is 18.0 Å². The molecule has 1 rings (SSSR count). The molecule has 3 nitrogen and oxygen atoms in total. The normalized spacial score (nSPS) is 12.3. The zero-order valence-corrected chi connectivity index (χ0v) is 13.3. The number of nitriles is 1. The molecule has 0 bridgehead atoms. The SMILES string of the molecule is CC(C)CN(CCC#N)c1cc(Br)ccc1C(C)O. The van der Waals surface area contributed by atoms with Crippen molar-refractivity contribution < 1.29 is 5.11 Å². The molecule has 1 atom stereocenters. The van der Waals surface area contributed by atoms with Crippen molar-refractivity contribution in [3.8, 4) is 6.07 Å². The second kappa shape index (κ2) is 7.52. The van der Waals surface area contributed by atoms with Gasteiger partial charge in [0.15, 0.2) is 0 Å². The molecule has 1 aromatic carbocycles. The molecule has 1 aromatic rings. The van der Waals surface area contributed by atoms with E-state index in [0.717, 1.165) is 22.3 Å². The lowest BCUT2D eigenvalue weighted by molar-refractivity contribution is 0.199. The third-order valence-electron chi connectivity index (χ3n) is 2.86. The average Bonchev–Trinajstić information content (AvgIpc) is 2.33. The topological polar surface area (TPSA) is 47.3 Å². The minimum Gasteiger partial charge on any atom is -0.389 e. The number of anilines is 1. The maximum Gasteiger partial charge on any atom is 0.0782 e. The number of aliphatic hydroxyl groups is 1. The van der Waals surface area contributed by atoms with Crippen molar-refractivity contribution in [2.24, 2.45) is 5.92 Å². The second-order valence-corrected chi connectivity index (χ2v) is 6.04. The van der Waals surface area contributed by atoms with Gasteiger partial charge in [0, 0.05) is 28.8 Å². The van der Waals surface area contributed by atoms with Crippen molar-refractivity contribution in [2.45, 2.75) is 33.3 Å². The van der Waals surface area contributed by atoms with E-state index >= 15 is 0 Å². The van der Waals surface area contributed by atoms with Crippen LogP contribution in [0.15, 0.2) is 22.7 Å². The van der Waals surface area contributed by atoms with Crippen molar-refractivity contribution in [3.63, 3.8) is 0 Å². The van der Waals surface area contributed by atoms with Crippen molar-refractivity contribution in [3.05, 3.63) is 28.2 Å². The third kappa shape index (κ3) is 4.85. The molecule has 0 fully saturated rings. The van der Waals surface area contributed by atoms with E-state index in [0.29, 0.717) is 18.9 Å². The average molecular weight is 325 g/mol. The summed E-state index contributed by atoms with van der Waals surface area (Å²) in [4.78, 5) is 2.18. The summed E-state index contributed by atoms with van der Waals surface area (Å²) in [6.07, 6.45) is -0.0294. The number of nitrogens with zero attached hydrogens (tertiary/aromatic N) is 2. The van der Waals surface area contributed by atoms with Crippen molar-refractivity contribution in [1.82, 2.24) is 0 Å². The Morgan fingerprint density at radius 3 is 2.58 bits per heavy atom. The van der Waals surface area contributed by atoms with Gasteiger partial charge in [0.2, 0.25) is 0 Å².